The Labute approximate surface area is 87.3 Å². The van der Waals surface area contributed by atoms with E-state index in [0.717, 1.165) is 11.3 Å². The van der Waals surface area contributed by atoms with Gasteiger partial charge in [-0.05, 0) is 6.07 Å². The molecule has 0 saturated heterocycles. The number of aromatic nitrogens is 3. The van der Waals surface area contributed by atoms with Gasteiger partial charge in [0.1, 0.15) is 11.4 Å². The third-order valence-electron chi connectivity index (χ3n) is 2.23. The van der Waals surface area contributed by atoms with Crippen LogP contribution in [-0.2, 0) is 0 Å². The summed E-state index contributed by atoms with van der Waals surface area (Å²) in [4.78, 5) is 0. The molecule has 0 saturated carbocycles. The quantitative estimate of drug-likeness (QED) is 0.777. The molecule has 0 fully saturated rings. The molecule has 0 bridgehead atoms. The van der Waals surface area contributed by atoms with E-state index in [-0.39, 0.29) is 6.04 Å². The van der Waals surface area contributed by atoms with Crippen molar-refractivity contribution in [3.63, 3.8) is 0 Å². The molecule has 5 heteroatoms. The third kappa shape index (κ3) is 1.82. The van der Waals surface area contributed by atoms with Crippen LogP contribution in [0.3, 0.4) is 0 Å². The Kier molecular flexibility index (Phi) is 2.64. The Balaban J connectivity index is 2.37. The van der Waals surface area contributed by atoms with E-state index in [0.29, 0.717) is 5.69 Å². The molecular weight excluding hydrogens is 192 g/mol. The number of benzene rings is 1. The Hall–Kier alpha value is -1.88. The number of ether oxygens (including phenoxy) is 1. The summed E-state index contributed by atoms with van der Waals surface area (Å²) in [5.41, 5.74) is 7.63. The molecule has 1 atom stereocenters. The third-order valence-corrected chi connectivity index (χ3v) is 2.23. The summed E-state index contributed by atoms with van der Waals surface area (Å²) >= 11 is 0. The van der Waals surface area contributed by atoms with Gasteiger partial charge in [-0.3, -0.25) is 0 Å². The van der Waals surface area contributed by atoms with Gasteiger partial charge in [-0.1, -0.05) is 18.2 Å². The lowest BCUT2D eigenvalue weighted by atomic mass is 10.0. The molecule has 1 aromatic heterocycles. The highest BCUT2D eigenvalue weighted by molar-refractivity contribution is 5.38. The van der Waals surface area contributed by atoms with Crippen LogP contribution in [0.5, 0.6) is 5.75 Å². The molecule has 78 valence electrons. The van der Waals surface area contributed by atoms with Gasteiger partial charge in [0.2, 0.25) is 0 Å². The normalized spacial score (nSPS) is 12.4. The molecule has 5 nitrogen and oxygen atoms in total. The van der Waals surface area contributed by atoms with Crippen molar-refractivity contribution < 1.29 is 4.74 Å². The maximum Gasteiger partial charge on any atom is 0.124 e. The standard InChI is InChI=1S/C10H12N4O/c1-15-9-5-3-2-4-7(9)10(11)8-6-12-14-13-8/h2-6,10H,11H2,1H3,(H,12,13,14). The summed E-state index contributed by atoms with van der Waals surface area (Å²) in [5, 5.41) is 10.2. The minimum absolute atomic E-state index is 0.320. The molecule has 15 heavy (non-hydrogen) atoms. The highest BCUT2D eigenvalue weighted by atomic mass is 16.5. The van der Waals surface area contributed by atoms with Crippen molar-refractivity contribution in [3.8, 4) is 5.75 Å². The molecule has 1 heterocycles. The number of rotatable bonds is 3. The zero-order valence-corrected chi connectivity index (χ0v) is 8.34. The van der Waals surface area contributed by atoms with E-state index in [2.05, 4.69) is 15.4 Å². The van der Waals surface area contributed by atoms with Crippen LogP contribution in [0.2, 0.25) is 0 Å². The molecule has 0 aliphatic carbocycles. The van der Waals surface area contributed by atoms with Crippen LogP contribution in [0, 0.1) is 0 Å². The van der Waals surface area contributed by atoms with Crippen molar-refractivity contribution in [1.29, 1.82) is 0 Å². The van der Waals surface area contributed by atoms with E-state index in [4.69, 9.17) is 10.5 Å². The van der Waals surface area contributed by atoms with Gasteiger partial charge in [0.15, 0.2) is 0 Å². The molecule has 0 aliphatic heterocycles. The van der Waals surface area contributed by atoms with Crippen LogP contribution in [0.15, 0.2) is 30.5 Å². The van der Waals surface area contributed by atoms with Gasteiger partial charge in [-0.2, -0.15) is 15.4 Å². The fraction of sp³-hybridized carbons (Fsp3) is 0.200. The number of H-pyrrole nitrogens is 1. The Morgan fingerprint density at radius 2 is 2.20 bits per heavy atom. The van der Waals surface area contributed by atoms with E-state index in [1.165, 1.54) is 0 Å². The lowest BCUT2D eigenvalue weighted by molar-refractivity contribution is 0.407. The molecule has 1 unspecified atom stereocenters. The van der Waals surface area contributed by atoms with Crippen molar-refractivity contribution in [1.82, 2.24) is 15.4 Å². The summed E-state index contributed by atoms with van der Waals surface area (Å²) in [6.07, 6.45) is 1.61. The fourth-order valence-corrected chi connectivity index (χ4v) is 1.44. The zero-order chi connectivity index (χ0) is 10.7. The predicted octanol–water partition coefficient (Wildman–Crippen LogP) is 0.861. The van der Waals surface area contributed by atoms with Crippen molar-refractivity contribution in [2.75, 3.05) is 7.11 Å². The molecule has 1 aromatic carbocycles. The van der Waals surface area contributed by atoms with Crippen molar-refractivity contribution in [2.45, 2.75) is 6.04 Å². The lowest BCUT2D eigenvalue weighted by Crippen LogP contribution is -2.13. The van der Waals surface area contributed by atoms with E-state index in [1.807, 2.05) is 24.3 Å². The zero-order valence-electron chi connectivity index (χ0n) is 8.34. The minimum Gasteiger partial charge on any atom is -0.496 e. The molecule has 2 rings (SSSR count). The molecule has 3 N–H and O–H groups in total. The second kappa shape index (κ2) is 4.10. The van der Waals surface area contributed by atoms with Gasteiger partial charge in [0.25, 0.3) is 0 Å². The number of hydrogen-bond donors (Lipinski definition) is 2. The van der Waals surface area contributed by atoms with Crippen LogP contribution >= 0.6 is 0 Å². The summed E-state index contributed by atoms with van der Waals surface area (Å²) < 4.78 is 5.23. The maximum absolute atomic E-state index is 6.03. The largest absolute Gasteiger partial charge is 0.496 e. The first kappa shape index (κ1) is 9.67. The predicted molar refractivity (Wildman–Crippen MR) is 55.4 cm³/mol. The van der Waals surface area contributed by atoms with E-state index in [1.54, 1.807) is 13.3 Å². The second-order valence-corrected chi connectivity index (χ2v) is 3.11. The van der Waals surface area contributed by atoms with Crippen LogP contribution in [0.25, 0.3) is 0 Å². The average molecular weight is 204 g/mol. The topological polar surface area (TPSA) is 76.8 Å². The first-order valence-electron chi connectivity index (χ1n) is 4.57. The lowest BCUT2D eigenvalue weighted by Gasteiger charge is -2.12. The number of methoxy groups -OCH3 is 1. The van der Waals surface area contributed by atoms with E-state index in [9.17, 15) is 0 Å². The van der Waals surface area contributed by atoms with Crippen LogP contribution in [0.4, 0.5) is 0 Å². The van der Waals surface area contributed by atoms with Gasteiger partial charge in [0, 0.05) is 5.56 Å². The summed E-state index contributed by atoms with van der Waals surface area (Å²) in [5.74, 6) is 0.757. The molecule has 0 amide bonds. The molecule has 0 aliphatic rings. The van der Waals surface area contributed by atoms with Crippen LogP contribution in [-0.4, -0.2) is 22.5 Å². The van der Waals surface area contributed by atoms with E-state index < -0.39 is 0 Å². The number of nitrogens with two attached hydrogens (primary N) is 1. The highest BCUT2D eigenvalue weighted by Crippen LogP contribution is 2.26. The molecule has 2 aromatic rings. The van der Waals surface area contributed by atoms with Crippen molar-refractivity contribution >= 4 is 0 Å². The Morgan fingerprint density at radius 3 is 2.87 bits per heavy atom. The minimum atomic E-state index is -0.320. The number of hydrogen-bond acceptors (Lipinski definition) is 4. The number of nitrogens with zero attached hydrogens (tertiary/aromatic N) is 2. The second-order valence-electron chi connectivity index (χ2n) is 3.11. The monoisotopic (exact) mass is 204 g/mol. The number of nitrogens with one attached hydrogen (secondary N) is 1. The number of para-hydroxylation sites is 1. The molecular formula is C10H12N4O. The Bertz CT molecular complexity index is 427. The highest BCUT2D eigenvalue weighted by Gasteiger charge is 2.15. The fourth-order valence-electron chi connectivity index (χ4n) is 1.44. The van der Waals surface area contributed by atoms with Crippen molar-refractivity contribution in [2.24, 2.45) is 5.73 Å². The molecule has 0 spiro atoms. The average Bonchev–Trinajstić information content (AvgIpc) is 2.81. The maximum atomic E-state index is 6.03. The molecule has 0 radical (unpaired) electrons. The SMILES string of the molecule is COc1ccccc1C(N)c1cn[nH]n1. The van der Waals surface area contributed by atoms with Crippen LogP contribution in [0.1, 0.15) is 17.3 Å². The van der Waals surface area contributed by atoms with Gasteiger partial charge in [0.05, 0.1) is 19.3 Å². The van der Waals surface area contributed by atoms with E-state index >= 15 is 0 Å². The van der Waals surface area contributed by atoms with Gasteiger partial charge < -0.3 is 10.5 Å². The van der Waals surface area contributed by atoms with Gasteiger partial charge in [-0.15, -0.1) is 0 Å². The summed E-state index contributed by atoms with van der Waals surface area (Å²) in [6.45, 7) is 0. The summed E-state index contributed by atoms with van der Waals surface area (Å²) in [7, 11) is 1.62. The smallest absolute Gasteiger partial charge is 0.124 e. The number of aromatic amines is 1. The van der Waals surface area contributed by atoms with Gasteiger partial charge in [-0.25, -0.2) is 0 Å². The first-order valence-corrected chi connectivity index (χ1v) is 4.57. The van der Waals surface area contributed by atoms with Crippen LogP contribution < -0.4 is 10.5 Å². The Morgan fingerprint density at radius 1 is 1.40 bits per heavy atom. The first-order chi connectivity index (χ1) is 7.33. The van der Waals surface area contributed by atoms with Gasteiger partial charge >= 0.3 is 0 Å². The van der Waals surface area contributed by atoms with Crippen molar-refractivity contribution in [3.05, 3.63) is 41.7 Å². The summed E-state index contributed by atoms with van der Waals surface area (Å²) in [6, 6.07) is 7.28.